The summed E-state index contributed by atoms with van der Waals surface area (Å²) in [5, 5.41) is 2.97. The number of rotatable bonds is 4. The molecule has 0 bridgehead atoms. The first-order valence-corrected chi connectivity index (χ1v) is 11.2. The summed E-state index contributed by atoms with van der Waals surface area (Å²) in [6.07, 6.45) is 1.11. The number of morpholine rings is 1. The lowest BCUT2D eigenvalue weighted by Crippen LogP contribution is -2.42. The molecule has 5 rings (SSSR count). The summed E-state index contributed by atoms with van der Waals surface area (Å²) >= 11 is 0. The summed E-state index contributed by atoms with van der Waals surface area (Å²) in [5.74, 6) is 1.26. The Hall–Kier alpha value is -3.52. The van der Waals surface area contributed by atoms with Crippen LogP contribution in [-0.2, 0) is 24.1 Å². The van der Waals surface area contributed by atoms with Crippen molar-refractivity contribution in [3.63, 3.8) is 0 Å². The molecule has 3 heterocycles. The monoisotopic (exact) mass is 447 g/mol. The number of carbonyl (C=O) groups excluding carboxylic acids is 1. The van der Waals surface area contributed by atoms with Gasteiger partial charge in [-0.25, -0.2) is 19.2 Å². The van der Waals surface area contributed by atoms with Crippen LogP contribution in [0, 0.1) is 5.82 Å². The van der Waals surface area contributed by atoms with Crippen LogP contribution in [0.15, 0.2) is 54.6 Å². The van der Waals surface area contributed by atoms with E-state index in [4.69, 9.17) is 14.7 Å². The van der Waals surface area contributed by atoms with Crippen LogP contribution in [0.2, 0.25) is 0 Å². The molecule has 3 aromatic rings. The molecule has 0 unspecified atom stereocenters. The fourth-order valence-corrected chi connectivity index (χ4v) is 4.29. The largest absolute Gasteiger partial charge is 0.378 e. The van der Waals surface area contributed by atoms with Crippen molar-refractivity contribution in [1.29, 1.82) is 0 Å². The van der Waals surface area contributed by atoms with E-state index in [0.717, 1.165) is 41.4 Å². The number of anilines is 2. The zero-order chi connectivity index (χ0) is 22.6. The highest BCUT2D eigenvalue weighted by atomic mass is 19.1. The summed E-state index contributed by atoms with van der Waals surface area (Å²) in [6.45, 7) is 3.76. The van der Waals surface area contributed by atoms with Gasteiger partial charge in [0, 0.05) is 43.7 Å². The van der Waals surface area contributed by atoms with Gasteiger partial charge in [0.25, 0.3) is 0 Å². The molecule has 0 spiro atoms. The number of carbonyl (C=O) groups is 1. The van der Waals surface area contributed by atoms with Gasteiger partial charge in [-0.15, -0.1) is 0 Å². The third-order valence-corrected chi connectivity index (χ3v) is 5.96. The molecule has 0 saturated carbocycles. The van der Waals surface area contributed by atoms with Crippen LogP contribution in [0.1, 0.15) is 22.6 Å². The van der Waals surface area contributed by atoms with E-state index >= 15 is 0 Å². The number of fused-ring (bicyclic) bond motifs is 1. The van der Waals surface area contributed by atoms with Crippen molar-refractivity contribution >= 4 is 17.5 Å². The Kier molecular flexibility index (Phi) is 6.17. The van der Waals surface area contributed by atoms with Crippen LogP contribution in [0.3, 0.4) is 0 Å². The molecular weight excluding hydrogens is 421 g/mol. The Bertz CT molecular complexity index is 1130. The molecule has 1 fully saturated rings. The van der Waals surface area contributed by atoms with Gasteiger partial charge in [0.2, 0.25) is 0 Å². The number of nitrogens with one attached hydrogen (secondary N) is 1. The Morgan fingerprint density at radius 2 is 1.85 bits per heavy atom. The number of halogens is 1. The zero-order valence-corrected chi connectivity index (χ0v) is 18.3. The van der Waals surface area contributed by atoms with Crippen molar-refractivity contribution in [3.05, 3.63) is 83.1 Å². The molecule has 2 aliphatic heterocycles. The highest BCUT2D eigenvalue weighted by Gasteiger charge is 2.28. The first-order chi connectivity index (χ1) is 16.2. The second-order valence-corrected chi connectivity index (χ2v) is 8.26. The number of ether oxygens (including phenoxy) is 1. The number of amides is 2. The van der Waals surface area contributed by atoms with Crippen LogP contribution in [0.5, 0.6) is 0 Å². The average Bonchev–Trinajstić information content (AvgIpc) is 2.84. The summed E-state index contributed by atoms with van der Waals surface area (Å²) in [4.78, 5) is 26.6. The van der Waals surface area contributed by atoms with E-state index in [1.807, 2.05) is 36.4 Å². The van der Waals surface area contributed by atoms with Gasteiger partial charge in [-0.3, -0.25) is 0 Å². The maximum absolute atomic E-state index is 13.7. The van der Waals surface area contributed by atoms with Crippen molar-refractivity contribution in [3.8, 4) is 0 Å². The predicted molar refractivity (Wildman–Crippen MR) is 124 cm³/mol. The SMILES string of the molecule is O=C(Nc1ccccc1)N1CCc2nc(Cc3cccc(F)c3)nc(N3CCOCC3)c2C1. The number of hydrogen-bond acceptors (Lipinski definition) is 5. The van der Waals surface area contributed by atoms with E-state index < -0.39 is 0 Å². The van der Waals surface area contributed by atoms with Crippen LogP contribution in [0.4, 0.5) is 20.7 Å². The Morgan fingerprint density at radius 1 is 1.03 bits per heavy atom. The molecule has 2 aromatic carbocycles. The molecule has 8 heteroatoms. The van der Waals surface area contributed by atoms with Gasteiger partial charge >= 0.3 is 6.03 Å². The zero-order valence-electron chi connectivity index (χ0n) is 18.3. The fraction of sp³-hybridized carbons (Fsp3) is 0.320. The number of para-hydroxylation sites is 1. The van der Waals surface area contributed by atoms with Crippen molar-refractivity contribution < 1.29 is 13.9 Å². The number of hydrogen-bond donors (Lipinski definition) is 1. The van der Waals surface area contributed by atoms with Gasteiger partial charge in [0.05, 0.1) is 25.5 Å². The molecule has 1 saturated heterocycles. The van der Waals surface area contributed by atoms with Gasteiger partial charge in [-0.05, 0) is 29.8 Å². The maximum Gasteiger partial charge on any atom is 0.322 e. The lowest BCUT2D eigenvalue weighted by Gasteiger charge is -2.34. The van der Waals surface area contributed by atoms with Crippen LogP contribution in [0.25, 0.3) is 0 Å². The Labute approximate surface area is 192 Å². The lowest BCUT2D eigenvalue weighted by molar-refractivity contribution is 0.122. The van der Waals surface area contributed by atoms with E-state index in [0.29, 0.717) is 45.0 Å². The van der Waals surface area contributed by atoms with Gasteiger partial charge in [0.15, 0.2) is 0 Å². The second-order valence-electron chi connectivity index (χ2n) is 8.26. The third kappa shape index (κ3) is 4.96. The van der Waals surface area contributed by atoms with E-state index in [-0.39, 0.29) is 11.8 Å². The predicted octanol–water partition coefficient (Wildman–Crippen LogP) is 3.63. The number of urea groups is 1. The minimum absolute atomic E-state index is 0.136. The van der Waals surface area contributed by atoms with Gasteiger partial charge in [-0.1, -0.05) is 30.3 Å². The van der Waals surface area contributed by atoms with Crippen LogP contribution >= 0.6 is 0 Å². The molecule has 0 atom stereocenters. The number of benzene rings is 2. The standard InChI is InChI=1S/C25H26FN5O2/c26-19-6-4-5-18(15-19)16-23-28-22-9-10-31(25(32)27-20-7-2-1-3-8-20)17-21(22)24(29-23)30-11-13-33-14-12-30/h1-8,15H,9-14,16-17H2,(H,27,32). The summed E-state index contributed by atoms with van der Waals surface area (Å²) in [7, 11) is 0. The third-order valence-electron chi connectivity index (χ3n) is 5.96. The first-order valence-electron chi connectivity index (χ1n) is 11.2. The normalized spacial score (nSPS) is 15.8. The van der Waals surface area contributed by atoms with E-state index in [9.17, 15) is 9.18 Å². The molecule has 1 aromatic heterocycles. The molecule has 7 nitrogen and oxygen atoms in total. The average molecular weight is 448 g/mol. The van der Waals surface area contributed by atoms with Gasteiger partial charge in [-0.2, -0.15) is 0 Å². The van der Waals surface area contributed by atoms with Crippen molar-refractivity contribution in [2.75, 3.05) is 43.1 Å². The molecule has 2 amide bonds. The highest BCUT2D eigenvalue weighted by Crippen LogP contribution is 2.28. The van der Waals surface area contributed by atoms with E-state index in [1.54, 1.807) is 11.0 Å². The van der Waals surface area contributed by atoms with Crippen LogP contribution in [-0.4, -0.2) is 53.7 Å². The molecule has 2 aliphatic rings. The van der Waals surface area contributed by atoms with Gasteiger partial charge in [0.1, 0.15) is 17.5 Å². The molecule has 0 radical (unpaired) electrons. The first kappa shape index (κ1) is 21.3. The number of nitrogens with zero attached hydrogens (tertiary/aromatic N) is 4. The minimum atomic E-state index is -0.265. The Morgan fingerprint density at radius 3 is 2.64 bits per heavy atom. The topological polar surface area (TPSA) is 70.6 Å². The van der Waals surface area contributed by atoms with Crippen molar-refractivity contribution in [2.45, 2.75) is 19.4 Å². The van der Waals surface area contributed by atoms with E-state index in [2.05, 4.69) is 10.2 Å². The van der Waals surface area contributed by atoms with Crippen molar-refractivity contribution in [2.24, 2.45) is 0 Å². The van der Waals surface area contributed by atoms with Gasteiger partial charge < -0.3 is 19.9 Å². The van der Waals surface area contributed by atoms with Crippen LogP contribution < -0.4 is 10.2 Å². The Balaban J connectivity index is 1.42. The molecule has 0 aliphatic carbocycles. The second kappa shape index (κ2) is 9.54. The summed E-state index contributed by atoms with van der Waals surface area (Å²) in [5.41, 5.74) is 3.54. The fourth-order valence-electron chi connectivity index (χ4n) is 4.29. The molecule has 1 N–H and O–H groups in total. The van der Waals surface area contributed by atoms with E-state index in [1.165, 1.54) is 12.1 Å². The molecular formula is C25H26FN5O2. The highest BCUT2D eigenvalue weighted by molar-refractivity contribution is 5.89. The molecule has 170 valence electrons. The molecule has 33 heavy (non-hydrogen) atoms. The van der Waals surface area contributed by atoms with Crippen molar-refractivity contribution in [1.82, 2.24) is 14.9 Å². The smallest absolute Gasteiger partial charge is 0.322 e. The summed E-state index contributed by atoms with van der Waals surface area (Å²) < 4.78 is 19.2. The lowest BCUT2D eigenvalue weighted by atomic mass is 10.0. The quantitative estimate of drug-likeness (QED) is 0.661. The minimum Gasteiger partial charge on any atom is -0.378 e. The maximum atomic E-state index is 13.7. The summed E-state index contributed by atoms with van der Waals surface area (Å²) in [6, 6.07) is 15.9. The number of aromatic nitrogens is 2.